The molecule has 4 N–H and O–H groups in total. The largest absolute Gasteiger partial charge is 0.492 e. The van der Waals surface area contributed by atoms with Crippen molar-refractivity contribution in [3.63, 3.8) is 0 Å². The molecule has 0 heterocycles. The summed E-state index contributed by atoms with van der Waals surface area (Å²) in [6, 6.07) is 7.43. The number of nitrogens with two attached hydrogens (primary N) is 2. The Morgan fingerprint density at radius 2 is 2.00 bits per heavy atom. The minimum absolute atomic E-state index is 0.0971. The predicted octanol–water partition coefficient (Wildman–Crippen LogP) is 1.21. The normalized spacial score (nSPS) is 14.2. The van der Waals surface area contributed by atoms with Crippen molar-refractivity contribution in [1.82, 2.24) is 0 Å². The van der Waals surface area contributed by atoms with Gasteiger partial charge in [0.05, 0.1) is 12.5 Å². The average Bonchev–Trinajstić information content (AvgIpc) is 2.25. The first kappa shape index (κ1) is 12.5. The van der Waals surface area contributed by atoms with Crippen LogP contribution in [-0.2, 0) is 4.79 Å². The standard InChI is InChI=1S/C12H18N2O2/c1-8(12(14)15)7-16-11-6-4-3-5-10(11)9(2)13/h3-6,8-9H,7,13H2,1-2H3,(H2,14,15)/t8?,9-/m0/s1. The minimum Gasteiger partial charge on any atom is -0.492 e. The third-order valence-corrected chi connectivity index (χ3v) is 2.38. The Labute approximate surface area is 95.6 Å². The summed E-state index contributed by atoms with van der Waals surface area (Å²) < 4.78 is 5.54. The quantitative estimate of drug-likeness (QED) is 0.785. The van der Waals surface area contributed by atoms with Crippen LogP contribution in [0.4, 0.5) is 0 Å². The van der Waals surface area contributed by atoms with E-state index in [1.165, 1.54) is 0 Å². The fourth-order valence-corrected chi connectivity index (χ4v) is 1.29. The van der Waals surface area contributed by atoms with Crippen molar-refractivity contribution >= 4 is 5.91 Å². The molecule has 4 nitrogen and oxygen atoms in total. The molecule has 0 aromatic heterocycles. The van der Waals surface area contributed by atoms with Crippen molar-refractivity contribution in [1.29, 1.82) is 0 Å². The summed E-state index contributed by atoms with van der Waals surface area (Å²) in [6.07, 6.45) is 0. The number of primary amides is 1. The van der Waals surface area contributed by atoms with Gasteiger partial charge in [-0.2, -0.15) is 0 Å². The van der Waals surface area contributed by atoms with E-state index in [4.69, 9.17) is 16.2 Å². The molecule has 1 unspecified atom stereocenters. The van der Waals surface area contributed by atoms with Gasteiger partial charge in [0.25, 0.3) is 0 Å². The smallest absolute Gasteiger partial charge is 0.223 e. The lowest BCUT2D eigenvalue weighted by Gasteiger charge is -2.15. The summed E-state index contributed by atoms with van der Waals surface area (Å²) in [5, 5.41) is 0. The molecule has 1 aromatic rings. The van der Waals surface area contributed by atoms with E-state index in [-0.39, 0.29) is 24.5 Å². The lowest BCUT2D eigenvalue weighted by atomic mass is 10.1. The molecule has 2 atom stereocenters. The van der Waals surface area contributed by atoms with Crippen LogP contribution < -0.4 is 16.2 Å². The monoisotopic (exact) mass is 222 g/mol. The van der Waals surface area contributed by atoms with Crippen LogP contribution in [0.1, 0.15) is 25.5 Å². The fraction of sp³-hybridized carbons (Fsp3) is 0.417. The van der Waals surface area contributed by atoms with Gasteiger partial charge in [0, 0.05) is 11.6 Å². The molecule has 0 spiro atoms. The molecule has 0 bridgehead atoms. The maximum atomic E-state index is 10.9. The Kier molecular flexibility index (Phi) is 4.31. The number of hydrogen-bond acceptors (Lipinski definition) is 3. The van der Waals surface area contributed by atoms with Gasteiger partial charge in [-0.05, 0) is 13.0 Å². The highest BCUT2D eigenvalue weighted by molar-refractivity contribution is 5.76. The van der Waals surface area contributed by atoms with Crippen LogP contribution in [0.3, 0.4) is 0 Å². The van der Waals surface area contributed by atoms with Gasteiger partial charge in [-0.3, -0.25) is 4.79 Å². The third-order valence-electron chi connectivity index (χ3n) is 2.38. The van der Waals surface area contributed by atoms with Gasteiger partial charge < -0.3 is 16.2 Å². The Hall–Kier alpha value is -1.55. The van der Waals surface area contributed by atoms with Gasteiger partial charge in [-0.1, -0.05) is 25.1 Å². The Bertz CT molecular complexity index is 364. The van der Waals surface area contributed by atoms with Gasteiger partial charge in [-0.25, -0.2) is 0 Å². The molecule has 88 valence electrons. The number of ether oxygens (including phenoxy) is 1. The van der Waals surface area contributed by atoms with Crippen LogP contribution in [0.2, 0.25) is 0 Å². The minimum atomic E-state index is -0.363. The van der Waals surface area contributed by atoms with Crippen LogP contribution in [0, 0.1) is 5.92 Å². The Morgan fingerprint density at radius 3 is 2.56 bits per heavy atom. The first-order valence-corrected chi connectivity index (χ1v) is 5.29. The molecule has 0 saturated carbocycles. The number of hydrogen-bond donors (Lipinski definition) is 2. The zero-order valence-electron chi connectivity index (χ0n) is 9.64. The summed E-state index contributed by atoms with van der Waals surface area (Å²) in [5.41, 5.74) is 11.9. The molecule has 0 radical (unpaired) electrons. The Balaban J connectivity index is 2.70. The molecular formula is C12H18N2O2. The number of para-hydroxylation sites is 1. The molecule has 1 amide bonds. The van der Waals surface area contributed by atoms with E-state index in [0.29, 0.717) is 5.75 Å². The van der Waals surface area contributed by atoms with Crippen molar-refractivity contribution in [2.24, 2.45) is 17.4 Å². The summed E-state index contributed by atoms with van der Waals surface area (Å²) in [7, 11) is 0. The molecule has 16 heavy (non-hydrogen) atoms. The van der Waals surface area contributed by atoms with Crippen molar-refractivity contribution in [2.75, 3.05) is 6.61 Å². The molecule has 1 rings (SSSR count). The first-order valence-electron chi connectivity index (χ1n) is 5.29. The fourth-order valence-electron chi connectivity index (χ4n) is 1.29. The zero-order chi connectivity index (χ0) is 12.1. The lowest BCUT2D eigenvalue weighted by molar-refractivity contribution is -0.122. The number of benzene rings is 1. The molecule has 0 aliphatic rings. The van der Waals surface area contributed by atoms with Crippen LogP contribution in [0.25, 0.3) is 0 Å². The van der Waals surface area contributed by atoms with E-state index in [2.05, 4.69) is 0 Å². The highest BCUT2D eigenvalue weighted by Crippen LogP contribution is 2.23. The molecular weight excluding hydrogens is 204 g/mol. The molecule has 0 fully saturated rings. The Morgan fingerprint density at radius 1 is 1.38 bits per heavy atom. The summed E-state index contributed by atoms with van der Waals surface area (Å²) in [4.78, 5) is 10.9. The number of carbonyl (C=O) groups is 1. The van der Waals surface area contributed by atoms with Crippen LogP contribution in [-0.4, -0.2) is 12.5 Å². The van der Waals surface area contributed by atoms with Crippen LogP contribution in [0.5, 0.6) is 5.75 Å². The molecule has 0 saturated heterocycles. The van der Waals surface area contributed by atoms with Crippen molar-refractivity contribution < 1.29 is 9.53 Å². The van der Waals surface area contributed by atoms with Gasteiger partial charge in [0.1, 0.15) is 5.75 Å². The van der Waals surface area contributed by atoms with Crippen molar-refractivity contribution in [3.05, 3.63) is 29.8 Å². The summed E-state index contributed by atoms with van der Waals surface area (Å²) in [6.45, 7) is 3.90. The van der Waals surface area contributed by atoms with E-state index in [1.807, 2.05) is 31.2 Å². The van der Waals surface area contributed by atoms with Crippen LogP contribution in [0.15, 0.2) is 24.3 Å². The second kappa shape index (κ2) is 5.51. The molecule has 4 heteroatoms. The number of amides is 1. The van der Waals surface area contributed by atoms with E-state index in [9.17, 15) is 4.79 Å². The second-order valence-corrected chi connectivity index (χ2v) is 3.94. The highest BCUT2D eigenvalue weighted by Gasteiger charge is 2.12. The zero-order valence-corrected chi connectivity index (χ0v) is 9.64. The second-order valence-electron chi connectivity index (χ2n) is 3.94. The van der Waals surface area contributed by atoms with E-state index in [0.717, 1.165) is 5.56 Å². The summed E-state index contributed by atoms with van der Waals surface area (Å²) >= 11 is 0. The van der Waals surface area contributed by atoms with Gasteiger partial charge in [-0.15, -0.1) is 0 Å². The molecule has 0 aliphatic heterocycles. The SMILES string of the molecule is CC(COc1ccccc1[C@H](C)N)C(N)=O. The van der Waals surface area contributed by atoms with E-state index < -0.39 is 0 Å². The van der Waals surface area contributed by atoms with Crippen molar-refractivity contribution in [2.45, 2.75) is 19.9 Å². The van der Waals surface area contributed by atoms with Gasteiger partial charge in [0.15, 0.2) is 0 Å². The molecule has 0 aliphatic carbocycles. The first-order chi connectivity index (χ1) is 7.52. The number of rotatable bonds is 5. The maximum absolute atomic E-state index is 10.9. The lowest BCUT2D eigenvalue weighted by Crippen LogP contribution is -2.26. The highest BCUT2D eigenvalue weighted by atomic mass is 16.5. The van der Waals surface area contributed by atoms with Crippen LogP contribution >= 0.6 is 0 Å². The van der Waals surface area contributed by atoms with E-state index in [1.54, 1.807) is 6.92 Å². The van der Waals surface area contributed by atoms with E-state index >= 15 is 0 Å². The predicted molar refractivity (Wildman–Crippen MR) is 62.9 cm³/mol. The topological polar surface area (TPSA) is 78.3 Å². The number of carbonyl (C=O) groups excluding carboxylic acids is 1. The van der Waals surface area contributed by atoms with Crippen molar-refractivity contribution in [3.8, 4) is 5.75 Å². The molecule has 1 aromatic carbocycles. The maximum Gasteiger partial charge on any atom is 0.223 e. The third kappa shape index (κ3) is 3.24. The summed E-state index contributed by atoms with van der Waals surface area (Å²) in [5.74, 6) is 0.0463. The van der Waals surface area contributed by atoms with Gasteiger partial charge in [0.2, 0.25) is 5.91 Å². The van der Waals surface area contributed by atoms with Gasteiger partial charge >= 0.3 is 0 Å². The average molecular weight is 222 g/mol.